The summed E-state index contributed by atoms with van der Waals surface area (Å²) in [6.45, 7) is 0. The van der Waals surface area contributed by atoms with Gasteiger partial charge in [-0.1, -0.05) is 0 Å². The van der Waals surface area contributed by atoms with Gasteiger partial charge in [0.1, 0.15) is 0 Å². The summed E-state index contributed by atoms with van der Waals surface area (Å²) in [5.41, 5.74) is 2.92. The van der Waals surface area contributed by atoms with Gasteiger partial charge in [-0.3, -0.25) is 0 Å². The number of nitrogens with one attached hydrogen (secondary N) is 1. The van der Waals surface area contributed by atoms with E-state index in [-0.39, 0.29) is 0 Å². The summed E-state index contributed by atoms with van der Waals surface area (Å²) in [5.74, 6) is 0. The monoisotopic (exact) mass is 133 g/mol. The Morgan fingerprint density at radius 3 is 3.00 bits per heavy atom. The molecule has 1 aliphatic rings. The van der Waals surface area contributed by atoms with Gasteiger partial charge in [-0.05, 0) is 23.9 Å². The fourth-order valence-corrected chi connectivity index (χ4v) is 1.16. The Balaban J connectivity index is 2.22. The molecule has 0 saturated carbocycles. The largest absolute Gasteiger partial charge is 0.306 e. The zero-order chi connectivity index (χ0) is 5.11. The summed E-state index contributed by atoms with van der Waals surface area (Å²) >= 11 is 2.99. The van der Waals surface area contributed by atoms with E-state index in [1.807, 2.05) is 15.4 Å². The maximum Gasteiger partial charge on any atom is 0.0223 e. The van der Waals surface area contributed by atoms with Crippen molar-refractivity contribution in [2.24, 2.45) is 0 Å². The second-order valence-electron chi connectivity index (χ2n) is 0.923. The van der Waals surface area contributed by atoms with E-state index in [1.54, 1.807) is 11.9 Å². The second kappa shape index (κ2) is 2.49. The fraction of sp³-hybridized carbons (Fsp3) is 0. The number of hydrazine groups is 1. The standard InChI is InChI=1S/C3H5N2S2/c1-6-5-4-2-3-7-5/h2-4H,1H2. The van der Waals surface area contributed by atoms with Crippen molar-refractivity contribution in [3.63, 3.8) is 0 Å². The van der Waals surface area contributed by atoms with Gasteiger partial charge >= 0.3 is 0 Å². The van der Waals surface area contributed by atoms with Crippen LogP contribution in [0.3, 0.4) is 0 Å². The lowest BCUT2D eigenvalue weighted by atomic mass is 11.1. The van der Waals surface area contributed by atoms with Gasteiger partial charge in [-0.2, -0.15) is 0 Å². The fourth-order valence-electron chi connectivity index (χ4n) is 0.275. The highest BCUT2D eigenvalue weighted by Crippen LogP contribution is 2.21. The molecule has 1 aliphatic heterocycles. The van der Waals surface area contributed by atoms with Crippen LogP contribution in [0.4, 0.5) is 0 Å². The first-order chi connectivity index (χ1) is 3.43. The molecule has 0 aromatic carbocycles. The topological polar surface area (TPSA) is 15.3 Å². The molecular formula is C3H5N2S2. The summed E-state index contributed by atoms with van der Waals surface area (Å²) in [4.78, 5) is 0. The number of hydrogen-bond acceptors (Lipinski definition) is 4. The molecule has 0 fully saturated rings. The number of hydrogen-bond donors (Lipinski definition) is 1. The zero-order valence-electron chi connectivity index (χ0n) is 3.63. The molecule has 4 heteroatoms. The molecule has 0 aromatic rings. The SMILES string of the molecule is [CH2]SN1NC=CS1. The van der Waals surface area contributed by atoms with Gasteiger partial charge in [0.15, 0.2) is 0 Å². The maximum atomic E-state index is 3.59. The minimum Gasteiger partial charge on any atom is -0.306 e. The van der Waals surface area contributed by atoms with E-state index in [4.69, 9.17) is 0 Å². The third kappa shape index (κ3) is 1.29. The molecule has 0 amide bonds. The van der Waals surface area contributed by atoms with E-state index >= 15 is 0 Å². The Kier molecular flexibility index (Phi) is 1.90. The molecule has 0 spiro atoms. The molecule has 0 atom stereocenters. The van der Waals surface area contributed by atoms with E-state index in [9.17, 15) is 0 Å². The maximum absolute atomic E-state index is 3.59. The molecule has 0 aromatic heterocycles. The van der Waals surface area contributed by atoms with Crippen LogP contribution in [0.2, 0.25) is 0 Å². The van der Waals surface area contributed by atoms with Crippen LogP contribution in [-0.2, 0) is 0 Å². The van der Waals surface area contributed by atoms with Gasteiger partial charge in [0, 0.05) is 17.9 Å². The summed E-state index contributed by atoms with van der Waals surface area (Å²) in [5, 5.41) is 1.96. The van der Waals surface area contributed by atoms with Gasteiger partial charge in [0.2, 0.25) is 0 Å². The molecule has 0 unspecified atom stereocenters. The highest BCUT2D eigenvalue weighted by Gasteiger charge is 2.01. The van der Waals surface area contributed by atoms with Crippen molar-refractivity contribution in [1.29, 1.82) is 0 Å². The number of rotatable bonds is 1. The molecule has 1 rings (SSSR count). The van der Waals surface area contributed by atoms with Crippen molar-refractivity contribution in [3.8, 4) is 0 Å². The molecule has 39 valence electrons. The molecule has 0 bridgehead atoms. The summed E-state index contributed by atoms with van der Waals surface area (Å²) in [6.07, 6.45) is 5.45. The van der Waals surface area contributed by atoms with E-state index in [0.29, 0.717) is 0 Å². The number of nitrogens with zero attached hydrogens (tertiary/aromatic N) is 1. The van der Waals surface area contributed by atoms with Gasteiger partial charge < -0.3 is 5.43 Å². The molecule has 7 heavy (non-hydrogen) atoms. The Morgan fingerprint density at radius 2 is 2.71 bits per heavy atom. The Bertz CT molecular complexity index is 75.0. The molecule has 1 heterocycles. The zero-order valence-corrected chi connectivity index (χ0v) is 5.26. The van der Waals surface area contributed by atoms with Gasteiger partial charge in [-0.15, -0.1) is 3.82 Å². The van der Waals surface area contributed by atoms with Crippen LogP contribution >= 0.6 is 23.9 Å². The first kappa shape index (κ1) is 5.34. The van der Waals surface area contributed by atoms with Crippen molar-refractivity contribution < 1.29 is 0 Å². The van der Waals surface area contributed by atoms with Crippen LogP contribution < -0.4 is 5.43 Å². The van der Waals surface area contributed by atoms with Crippen LogP contribution in [-0.4, -0.2) is 3.82 Å². The highest BCUT2D eigenvalue weighted by molar-refractivity contribution is 8.13. The lowest BCUT2D eigenvalue weighted by Gasteiger charge is -2.06. The first-order valence-corrected chi connectivity index (χ1v) is 3.51. The molecule has 1 N–H and O–H groups in total. The Morgan fingerprint density at radius 1 is 1.86 bits per heavy atom. The normalized spacial score (nSPS) is 20.1. The van der Waals surface area contributed by atoms with E-state index in [2.05, 4.69) is 11.7 Å². The van der Waals surface area contributed by atoms with Gasteiger partial charge in [0.25, 0.3) is 0 Å². The van der Waals surface area contributed by atoms with E-state index in [0.717, 1.165) is 0 Å². The summed E-state index contributed by atoms with van der Waals surface area (Å²) in [7, 11) is 0. The molecule has 0 saturated heterocycles. The lowest BCUT2D eigenvalue weighted by Crippen LogP contribution is -2.13. The van der Waals surface area contributed by atoms with Gasteiger partial charge in [0.05, 0.1) is 0 Å². The van der Waals surface area contributed by atoms with Gasteiger partial charge in [-0.25, -0.2) is 0 Å². The average molecular weight is 133 g/mol. The van der Waals surface area contributed by atoms with E-state index < -0.39 is 0 Å². The van der Waals surface area contributed by atoms with Crippen molar-refractivity contribution in [3.05, 3.63) is 17.9 Å². The molecule has 2 nitrogen and oxygen atoms in total. The smallest absolute Gasteiger partial charge is 0.0223 e. The van der Waals surface area contributed by atoms with Crippen LogP contribution in [0, 0.1) is 6.26 Å². The molecular weight excluding hydrogens is 128 g/mol. The summed E-state index contributed by atoms with van der Waals surface area (Å²) < 4.78 is 1.85. The second-order valence-corrected chi connectivity index (χ2v) is 2.63. The quantitative estimate of drug-likeness (QED) is 0.543. The predicted octanol–water partition coefficient (Wildman–Crippen LogP) is 1.37. The van der Waals surface area contributed by atoms with E-state index in [1.165, 1.54) is 11.9 Å². The van der Waals surface area contributed by atoms with Crippen molar-refractivity contribution in [1.82, 2.24) is 9.25 Å². The summed E-state index contributed by atoms with van der Waals surface area (Å²) in [6, 6.07) is 0. The third-order valence-electron chi connectivity index (χ3n) is 0.522. The molecule has 1 radical (unpaired) electrons. The first-order valence-electron chi connectivity index (χ1n) is 1.74. The van der Waals surface area contributed by atoms with Crippen LogP contribution in [0.5, 0.6) is 0 Å². The van der Waals surface area contributed by atoms with Crippen molar-refractivity contribution in [2.75, 3.05) is 0 Å². The van der Waals surface area contributed by atoms with Crippen LogP contribution in [0.15, 0.2) is 11.6 Å². The predicted molar refractivity (Wildman–Crippen MR) is 34.7 cm³/mol. The minimum atomic E-state index is 1.41. The lowest BCUT2D eigenvalue weighted by molar-refractivity contribution is 0.671. The Labute approximate surface area is 51.6 Å². The van der Waals surface area contributed by atoms with Crippen molar-refractivity contribution >= 4 is 23.9 Å². The van der Waals surface area contributed by atoms with Crippen LogP contribution in [0.1, 0.15) is 0 Å². The van der Waals surface area contributed by atoms with Crippen molar-refractivity contribution in [2.45, 2.75) is 0 Å². The highest BCUT2D eigenvalue weighted by atomic mass is 32.2. The Hall–Kier alpha value is 0.200. The third-order valence-corrected chi connectivity index (χ3v) is 1.99. The minimum absolute atomic E-state index is 1.41. The molecule has 0 aliphatic carbocycles. The van der Waals surface area contributed by atoms with Crippen LogP contribution in [0.25, 0.3) is 0 Å². The average Bonchev–Trinajstić information content (AvgIpc) is 2.14.